The number of piperidine rings is 1. The lowest BCUT2D eigenvalue weighted by Gasteiger charge is -2.38. The number of fused-ring (bicyclic) bond motifs is 1. The highest BCUT2D eigenvalue weighted by molar-refractivity contribution is 5.81. The molecule has 0 bridgehead atoms. The zero-order valence-corrected chi connectivity index (χ0v) is 12.8. The molecule has 2 fully saturated rings. The number of rotatable bonds is 3. The number of para-hydroxylation sites is 1. The second-order valence-electron chi connectivity index (χ2n) is 6.14. The van der Waals surface area contributed by atoms with Gasteiger partial charge in [0.15, 0.2) is 6.29 Å². The van der Waals surface area contributed by atoms with Crippen molar-refractivity contribution in [2.45, 2.75) is 38.1 Å². The van der Waals surface area contributed by atoms with Crippen LogP contribution in [0.1, 0.15) is 24.8 Å². The molecule has 1 unspecified atom stereocenters. The van der Waals surface area contributed by atoms with E-state index in [-0.39, 0.29) is 6.29 Å². The Morgan fingerprint density at radius 3 is 2.86 bits per heavy atom. The largest absolute Gasteiger partial charge is 0.349 e. The van der Waals surface area contributed by atoms with Crippen LogP contribution in [0.4, 0.5) is 0 Å². The smallest absolute Gasteiger partial charge is 0.173 e. The number of likely N-dealkylation sites (tertiary alicyclic amines) is 1. The molecule has 0 saturated carbocycles. The molecular weight excluding hydrogens is 276 g/mol. The van der Waals surface area contributed by atoms with Crippen molar-refractivity contribution < 1.29 is 9.47 Å². The molecule has 0 N–H and O–H groups in total. The van der Waals surface area contributed by atoms with E-state index in [4.69, 9.17) is 9.47 Å². The first-order chi connectivity index (χ1) is 10.9. The van der Waals surface area contributed by atoms with Gasteiger partial charge in [-0.3, -0.25) is 9.88 Å². The Bertz CT molecular complexity index is 635. The normalized spacial score (nSPS) is 24.1. The standard InChI is InChI=1S/C18H22N2O2/c1-2-10-20(16(8-1)18-21-11-12-22-18)13-15-6-3-5-14-7-4-9-19-17(14)15/h3-7,9,16,18H,1-2,8,10-13H2. The molecule has 0 aliphatic carbocycles. The molecule has 2 aromatic rings. The highest BCUT2D eigenvalue weighted by Crippen LogP contribution is 2.27. The lowest BCUT2D eigenvalue weighted by atomic mass is 10.00. The molecule has 22 heavy (non-hydrogen) atoms. The molecule has 4 nitrogen and oxygen atoms in total. The maximum Gasteiger partial charge on any atom is 0.173 e. The van der Waals surface area contributed by atoms with E-state index in [1.807, 2.05) is 12.3 Å². The minimum absolute atomic E-state index is 0.0526. The van der Waals surface area contributed by atoms with E-state index in [9.17, 15) is 0 Å². The Balaban J connectivity index is 1.59. The van der Waals surface area contributed by atoms with Gasteiger partial charge in [-0.1, -0.05) is 30.7 Å². The zero-order chi connectivity index (χ0) is 14.8. The predicted molar refractivity (Wildman–Crippen MR) is 85.5 cm³/mol. The molecular formula is C18H22N2O2. The molecule has 1 atom stereocenters. The molecule has 2 saturated heterocycles. The van der Waals surface area contributed by atoms with E-state index in [2.05, 4.69) is 34.1 Å². The monoisotopic (exact) mass is 298 g/mol. The number of hydrogen-bond donors (Lipinski definition) is 0. The van der Waals surface area contributed by atoms with E-state index in [0.29, 0.717) is 6.04 Å². The summed E-state index contributed by atoms with van der Waals surface area (Å²) in [5, 5.41) is 1.21. The number of aromatic nitrogens is 1. The summed E-state index contributed by atoms with van der Waals surface area (Å²) < 4.78 is 11.5. The van der Waals surface area contributed by atoms with Gasteiger partial charge >= 0.3 is 0 Å². The fourth-order valence-corrected chi connectivity index (χ4v) is 3.63. The summed E-state index contributed by atoms with van der Waals surface area (Å²) in [6, 6.07) is 10.9. The van der Waals surface area contributed by atoms with Crippen LogP contribution in [-0.4, -0.2) is 42.0 Å². The number of ether oxygens (including phenoxy) is 2. The van der Waals surface area contributed by atoms with Crippen molar-refractivity contribution in [3.63, 3.8) is 0 Å². The van der Waals surface area contributed by atoms with Gasteiger partial charge in [0, 0.05) is 18.1 Å². The van der Waals surface area contributed by atoms with Crippen LogP contribution in [0.3, 0.4) is 0 Å². The molecule has 1 aromatic heterocycles. The van der Waals surface area contributed by atoms with Crippen LogP contribution in [-0.2, 0) is 16.0 Å². The molecule has 0 radical (unpaired) electrons. The fraction of sp³-hybridized carbons (Fsp3) is 0.500. The molecule has 116 valence electrons. The summed E-state index contributed by atoms with van der Waals surface area (Å²) in [5.74, 6) is 0. The Morgan fingerprint density at radius 2 is 1.95 bits per heavy atom. The van der Waals surface area contributed by atoms with Gasteiger partial charge in [0.05, 0.1) is 24.8 Å². The predicted octanol–water partition coefficient (Wildman–Crippen LogP) is 2.96. The number of benzene rings is 1. The number of hydrogen-bond acceptors (Lipinski definition) is 4. The molecule has 0 spiro atoms. The molecule has 4 heteroatoms. The van der Waals surface area contributed by atoms with E-state index in [1.165, 1.54) is 23.8 Å². The van der Waals surface area contributed by atoms with E-state index < -0.39 is 0 Å². The Labute approximate surface area is 131 Å². The van der Waals surface area contributed by atoms with Crippen LogP contribution in [0.25, 0.3) is 10.9 Å². The Morgan fingerprint density at radius 1 is 1.09 bits per heavy atom. The van der Waals surface area contributed by atoms with Crippen LogP contribution >= 0.6 is 0 Å². The van der Waals surface area contributed by atoms with Crippen LogP contribution in [0, 0.1) is 0 Å². The van der Waals surface area contributed by atoms with Crippen molar-refractivity contribution in [1.29, 1.82) is 0 Å². The molecule has 2 aliphatic rings. The summed E-state index contributed by atoms with van der Waals surface area (Å²) in [7, 11) is 0. The van der Waals surface area contributed by atoms with E-state index >= 15 is 0 Å². The van der Waals surface area contributed by atoms with Crippen LogP contribution < -0.4 is 0 Å². The summed E-state index contributed by atoms with van der Waals surface area (Å²) >= 11 is 0. The number of pyridine rings is 1. The van der Waals surface area contributed by atoms with E-state index in [0.717, 1.165) is 38.2 Å². The maximum absolute atomic E-state index is 5.77. The lowest BCUT2D eigenvalue weighted by molar-refractivity contribution is -0.111. The first-order valence-corrected chi connectivity index (χ1v) is 8.22. The summed E-state index contributed by atoms with van der Waals surface area (Å²) in [6.45, 7) is 3.48. The fourth-order valence-electron chi connectivity index (χ4n) is 3.63. The van der Waals surface area contributed by atoms with Gasteiger partial charge in [0.2, 0.25) is 0 Å². The Kier molecular flexibility index (Phi) is 4.06. The average Bonchev–Trinajstić information content (AvgIpc) is 3.10. The van der Waals surface area contributed by atoms with Crippen LogP contribution in [0.5, 0.6) is 0 Å². The first kappa shape index (κ1) is 14.1. The van der Waals surface area contributed by atoms with Gasteiger partial charge in [0.1, 0.15) is 0 Å². The van der Waals surface area contributed by atoms with Crippen molar-refractivity contribution in [2.75, 3.05) is 19.8 Å². The molecule has 1 aromatic carbocycles. The first-order valence-electron chi connectivity index (χ1n) is 8.22. The topological polar surface area (TPSA) is 34.6 Å². The van der Waals surface area contributed by atoms with Gasteiger partial charge in [-0.25, -0.2) is 0 Å². The summed E-state index contributed by atoms with van der Waals surface area (Å²) in [4.78, 5) is 7.10. The van der Waals surface area contributed by atoms with Gasteiger partial charge in [-0.2, -0.15) is 0 Å². The molecule has 3 heterocycles. The van der Waals surface area contributed by atoms with Crippen molar-refractivity contribution in [3.8, 4) is 0 Å². The quantitative estimate of drug-likeness (QED) is 0.872. The van der Waals surface area contributed by atoms with E-state index in [1.54, 1.807) is 0 Å². The van der Waals surface area contributed by atoms with Crippen LogP contribution in [0.2, 0.25) is 0 Å². The van der Waals surface area contributed by atoms with Gasteiger partial charge in [0.25, 0.3) is 0 Å². The Hall–Kier alpha value is -1.49. The highest BCUT2D eigenvalue weighted by atomic mass is 16.7. The van der Waals surface area contributed by atoms with Gasteiger partial charge in [-0.05, 0) is 31.0 Å². The summed E-state index contributed by atoms with van der Waals surface area (Å²) in [6.07, 6.45) is 5.49. The van der Waals surface area contributed by atoms with Crippen molar-refractivity contribution in [1.82, 2.24) is 9.88 Å². The highest BCUT2D eigenvalue weighted by Gasteiger charge is 2.33. The zero-order valence-electron chi connectivity index (χ0n) is 12.8. The second kappa shape index (κ2) is 6.32. The maximum atomic E-state index is 5.77. The lowest BCUT2D eigenvalue weighted by Crippen LogP contribution is -2.46. The van der Waals surface area contributed by atoms with Crippen molar-refractivity contribution in [2.24, 2.45) is 0 Å². The second-order valence-corrected chi connectivity index (χ2v) is 6.14. The number of nitrogens with zero attached hydrogens (tertiary/aromatic N) is 2. The molecule has 2 aliphatic heterocycles. The molecule has 4 rings (SSSR count). The SMILES string of the molecule is c1cnc2c(CN3CCCCC3C3OCCO3)cccc2c1. The summed E-state index contributed by atoms with van der Waals surface area (Å²) in [5.41, 5.74) is 2.41. The van der Waals surface area contributed by atoms with Crippen LogP contribution in [0.15, 0.2) is 36.5 Å². The van der Waals surface area contributed by atoms with Gasteiger partial charge in [-0.15, -0.1) is 0 Å². The minimum atomic E-state index is -0.0526. The van der Waals surface area contributed by atoms with Crippen molar-refractivity contribution >= 4 is 10.9 Å². The third-order valence-electron chi connectivity index (χ3n) is 4.72. The molecule has 0 amide bonds. The minimum Gasteiger partial charge on any atom is -0.349 e. The third-order valence-corrected chi connectivity index (χ3v) is 4.72. The van der Waals surface area contributed by atoms with Crippen molar-refractivity contribution in [3.05, 3.63) is 42.1 Å². The average molecular weight is 298 g/mol. The van der Waals surface area contributed by atoms with Gasteiger partial charge < -0.3 is 9.47 Å². The third kappa shape index (κ3) is 2.74.